The molecule has 0 aliphatic carbocycles. The van der Waals surface area contributed by atoms with E-state index < -0.39 is 5.92 Å². The van der Waals surface area contributed by atoms with Gasteiger partial charge >= 0.3 is 0 Å². The normalized spacial score (nSPS) is 16.1. The van der Waals surface area contributed by atoms with Crippen molar-refractivity contribution in [2.24, 2.45) is 5.92 Å². The molecule has 3 N–H and O–H groups in total. The van der Waals surface area contributed by atoms with Gasteiger partial charge in [0.1, 0.15) is 12.7 Å². The fourth-order valence-corrected chi connectivity index (χ4v) is 5.57. The number of aromatic nitrogens is 1. The van der Waals surface area contributed by atoms with Gasteiger partial charge in [-0.2, -0.15) is 0 Å². The summed E-state index contributed by atoms with van der Waals surface area (Å²) in [4.78, 5) is 36.5. The summed E-state index contributed by atoms with van der Waals surface area (Å²) in [7, 11) is 1.73. The van der Waals surface area contributed by atoms with Crippen molar-refractivity contribution in [3.8, 4) is 11.6 Å². The minimum absolute atomic E-state index is 0.0544. The first kappa shape index (κ1) is 31.6. The SMILES string of the molecule is CCNc1ccc(C(c2ccc(C)c(CN3CC(C)Oc4ncccc4O3)c2)C(C)C(=O)N(C)CCOC=O)c(C)c1N. The number of hydrogen-bond donors (Lipinski definition) is 2. The highest BCUT2D eigenvalue weighted by molar-refractivity contribution is 5.81. The molecule has 1 amide bonds. The van der Waals surface area contributed by atoms with Gasteiger partial charge in [-0.3, -0.25) is 9.59 Å². The molecule has 0 saturated carbocycles. The molecule has 10 heteroatoms. The Kier molecular flexibility index (Phi) is 10.5. The summed E-state index contributed by atoms with van der Waals surface area (Å²) in [6.07, 6.45) is 1.57. The van der Waals surface area contributed by atoms with Crippen LogP contribution in [0.1, 0.15) is 54.5 Å². The van der Waals surface area contributed by atoms with Crippen molar-refractivity contribution < 1.29 is 23.9 Å². The molecule has 3 aromatic rings. The third-order valence-corrected chi connectivity index (χ3v) is 7.95. The Morgan fingerprint density at radius 3 is 2.81 bits per heavy atom. The molecule has 0 radical (unpaired) electrons. The summed E-state index contributed by atoms with van der Waals surface area (Å²) in [5.41, 5.74) is 13.2. The van der Waals surface area contributed by atoms with Crippen LogP contribution in [0.15, 0.2) is 48.7 Å². The van der Waals surface area contributed by atoms with Gasteiger partial charge in [0.05, 0.1) is 31.0 Å². The number of aryl methyl sites for hydroxylation is 1. The van der Waals surface area contributed by atoms with E-state index in [1.54, 1.807) is 18.1 Å². The topological polar surface area (TPSA) is 119 Å². The molecule has 10 nitrogen and oxygen atoms in total. The van der Waals surface area contributed by atoms with Crippen LogP contribution in [0.3, 0.4) is 0 Å². The summed E-state index contributed by atoms with van der Waals surface area (Å²) in [6, 6.07) is 14.1. The maximum atomic E-state index is 13.7. The van der Waals surface area contributed by atoms with E-state index in [-0.39, 0.29) is 24.5 Å². The number of nitrogen functional groups attached to an aromatic ring is 1. The van der Waals surface area contributed by atoms with Crippen LogP contribution >= 0.6 is 0 Å². The van der Waals surface area contributed by atoms with Crippen molar-refractivity contribution in [1.82, 2.24) is 14.9 Å². The third-order valence-electron chi connectivity index (χ3n) is 7.95. The van der Waals surface area contributed by atoms with Crippen LogP contribution < -0.4 is 20.6 Å². The second-order valence-electron chi connectivity index (χ2n) is 11.1. The molecule has 4 rings (SSSR count). The number of fused-ring (bicyclic) bond motifs is 1. The molecule has 0 spiro atoms. The highest BCUT2D eigenvalue weighted by Crippen LogP contribution is 2.39. The Balaban J connectivity index is 1.72. The fourth-order valence-electron chi connectivity index (χ4n) is 5.57. The minimum atomic E-state index is -0.430. The Labute approximate surface area is 254 Å². The first-order valence-electron chi connectivity index (χ1n) is 14.7. The molecule has 0 fully saturated rings. The lowest BCUT2D eigenvalue weighted by Crippen LogP contribution is -2.37. The van der Waals surface area contributed by atoms with E-state index >= 15 is 0 Å². The predicted molar refractivity (Wildman–Crippen MR) is 167 cm³/mol. The predicted octanol–water partition coefficient (Wildman–Crippen LogP) is 4.69. The molecule has 2 heterocycles. The van der Waals surface area contributed by atoms with E-state index in [4.69, 9.17) is 20.0 Å². The number of anilines is 2. The number of hydroxylamine groups is 2. The lowest BCUT2D eigenvalue weighted by Gasteiger charge is -2.31. The molecule has 43 heavy (non-hydrogen) atoms. The Bertz CT molecular complexity index is 1430. The summed E-state index contributed by atoms with van der Waals surface area (Å²) in [5.74, 6) is 0.289. The van der Waals surface area contributed by atoms with E-state index in [2.05, 4.69) is 41.5 Å². The Morgan fingerprint density at radius 2 is 2.07 bits per heavy atom. The van der Waals surface area contributed by atoms with Crippen molar-refractivity contribution >= 4 is 23.8 Å². The third kappa shape index (κ3) is 7.37. The van der Waals surface area contributed by atoms with Crippen LogP contribution in [0.4, 0.5) is 11.4 Å². The number of pyridine rings is 1. The molecule has 230 valence electrons. The number of nitrogens with two attached hydrogens (primary N) is 1. The number of rotatable bonds is 12. The standard InChI is InChI=1S/C33H43N5O5/c1-7-35-28-13-12-27(23(4)31(28)34)30(24(5)33(40)37(6)15-16-41-20-39)25-11-10-21(2)26(17-25)19-38-18-22(3)42-32-29(43-38)9-8-14-36-32/h8-14,17,20,22,24,30,35H,7,15-16,18-19,34H2,1-6H3. The van der Waals surface area contributed by atoms with Gasteiger partial charge in [0.25, 0.3) is 12.4 Å². The summed E-state index contributed by atoms with van der Waals surface area (Å²) >= 11 is 0. The number of benzene rings is 2. The first-order valence-corrected chi connectivity index (χ1v) is 14.7. The number of carbonyl (C=O) groups excluding carboxylic acids is 2. The molecule has 0 saturated heterocycles. The maximum absolute atomic E-state index is 13.7. The van der Waals surface area contributed by atoms with Gasteiger partial charge < -0.3 is 30.3 Å². The number of amides is 1. The lowest BCUT2D eigenvalue weighted by atomic mass is 9.78. The molecular formula is C33H43N5O5. The highest BCUT2D eigenvalue weighted by atomic mass is 16.7. The van der Waals surface area contributed by atoms with Crippen molar-refractivity contribution in [3.63, 3.8) is 0 Å². The van der Waals surface area contributed by atoms with Gasteiger partial charge in [-0.1, -0.05) is 31.2 Å². The van der Waals surface area contributed by atoms with Gasteiger partial charge in [-0.05, 0) is 73.7 Å². The zero-order valence-corrected chi connectivity index (χ0v) is 25.9. The van der Waals surface area contributed by atoms with E-state index in [9.17, 15) is 9.59 Å². The monoisotopic (exact) mass is 589 g/mol. The zero-order valence-electron chi connectivity index (χ0n) is 25.9. The molecule has 0 bridgehead atoms. The van der Waals surface area contributed by atoms with Gasteiger partial charge in [-0.25, -0.2) is 4.98 Å². The molecule has 2 aromatic carbocycles. The van der Waals surface area contributed by atoms with Gasteiger partial charge in [0.2, 0.25) is 11.7 Å². The zero-order chi connectivity index (χ0) is 31.1. The van der Waals surface area contributed by atoms with Crippen LogP contribution in [0.5, 0.6) is 11.6 Å². The average Bonchev–Trinajstić information content (AvgIpc) is 3.15. The number of nitrogens with zero attached hydrogens (tertiary/aromatic N) is 3. The molecule has 3 unspecified atom stereocenters. The lowest BCUT2D eigenvalue weighted by molar-refractivity contribution is -0.137. The van der Waals surface area contributed by atoms with Crippen molar-refractivity contribution in [3.05, 3.63) is 76.5 Å². The Morgan fingerprint density at radius 1 is 1.28 bits per heavy atom. The summed E-state index contributed by atoms with van der Waals surface area (Å²) in [5, 5.41) is 5.21. The minimum Gasteiger partial charge on any atom is -0.470 e. The van der Waals surface area contributed by atoms with Crippen LogP contribution in [-0.4, -0.2) is 66.7 Å². The number of hydrogen-bond acceptors (Lipinski definition) is 9. The Hall–Kier alpha value is -4.31. The number of nitrogens with one attached hydrogen (secondary N) is 1. The average molecular weight is 590 g/mol. The first-order chi connectivity index (χ1) is 20.6. The van der Waals surface area contributed by atoms with Crippen LogP contribution in [0, 0.1) is 19.8 Å². The van der Waals surface area contributed by atoms with Crippen LogP contribution in [-0.2, 0) is 20.9 Å². The van der Waals surface area contributed by atoms with Gasteiger partial charge in [0, 0.05) is 31.6 Å². The summed E-state index contributed by atoms with van der Waals surface area (Å²) in [6.45, 7) is 12.7. The van der Waals surface area contributed by atoms with Crippen molar-refractivity contribution in [2.75, 3.05) is 44.3 Å². The van der Waals surface area contributed by atoms with Crippen LogP contribution in [0.2, 0.25) is 0 Å². The summed E-state index contributed by atoms with van der Waals surface area (Å²) < 4.78 is 10.8. The second kappa shape index (κ2) is 14.2. The molecule has 1 aliphatic heterocycles. The smallest absolute Gasteiger partial charge is 0.293 e. The molecule has 3 atom stereocenters. The molecular weight excluding hydrogens is 546 g/mol. The van der Waals surface area contributed by atoms with E-state index in [1.807, 2.05) is 51.0 Å². The van der Waals surface area contributed by atoms with Gasteiger partial charge in [-0.15, -0.1) is 5.06 Å². The fraction of sp³-hybridized carbons (Fsp3) is 0.424. The van der Waals surface area contributed by atoms with Crippen LogP contribution in [0.25, 0.3) is 0 Å². The number of carbonyl (C=O) groups is 2. The number of likely N-dealkylation sites (N-methyl/N-ethyl adjacent to an activating group) is 1. The quantitative estimate of drug-likeness (QED) is 0.176. The van der Waals surface area contributed by atoms with Crippen molar-refractivity contribution in [2.45, 2.75) is 53.2 Å². The van der Waals surface area contributed by atoms with E-state index in [0.29, 0.717) is 43.4 Å². The van der Waals surface area contributed by atoms with E-state index in [0.717, 1.165) is 40.0 Å². The molecule has 1 aromatic heterocycles. The van der Waals surface area contributed by atoms with E-state index in [1.165, 1.54) is 0 Å². The molecule has 1 aliphatic rings. The largest absolute Gasteiger partial charge is 0.470 e. The highest BCUT2D eigenvalue weighted by Gasteiger charge is 2.32. The van der Waals surface area contributed by atoms with Crippen molar-refractivity contribution in [1.29, 1.82) is 0 Å². The maximum Gasteiger partial charge on any atom is 0.293 e. The van der Waals surface area contributed by atoms with Gasteiger partial charge in [0.15, 0.2) is 0 Å². The number of ether oxygens (including phenoxy) is 2. The second-order valence-corrected chi connectivity index (χ2v) is 11.1.